The summed E-state index contributed by atoms with van der Waals surface area (Å²) in [6, 6.07) is 2.93. The van der Waals surface area contributed by atoms with Crippen molar-refractivity contribution in [1.82, 2.24) is 0 Å². The van der Waals surface area contributed by atoms with Crippen LogP contribution in [-0.4, -0.2) is 5.78 Å². The van der Waals surface area contributed by atoms with Crippen LogP contribution in [0.2, 0.25) is 5.02 Å². The first-order chi connectivity index (χ1) is 7.36. The molecule has 86 valence electrons. The van der Waals surface area contributed by atoms with Crippen LogP contribution >= 0.6 is 11.6 Å². The molecule has 0 spiro atoms. The predicted molar refractivity (Wildman–Crippen MR) is 55.6 cm³/mol. The first-order valence-corrected chi connectivity index (χ1v) is 4.78. The number of hydrogen-bond acceptors (Lipinski definition) is 1. The quantitative estimate of drug-likeness (QED) is 0.568. The van der Waals surface area contributed by atoms with Crippen LogP contribution in [-0.2, 0) is 6.18 Å². The molecule has 0 amide bonds. The third-order valence-corrected chi connectivity index (χ3v) is 2.19. The van der Waals surface area contributed by atoms with Crippen LogP contribution in [0.1, 0.15) is 22.8 Å². The number of carbonyl (C=O) groups is 1. The first-order valence-electron chi connectivity index (χ1n) is 4.40. The minimum absolute atomic E-state index is 0.135. The number of rotatable bonds is 2. The summed E-state index contributed by atoms with van der Waals surface area (Å²) >= 11 is 5.46. The maximum absolute atomic E-state index is 12.3. The number of allylic oxidation sites excluding steroid dienone is 2. The van der Waals surface area contributed by atoms with Gasteiger partial charge in [0, 0.05) is 5.56 Å². The molecule has 0 unspecified atom stereocenters. The van der Waals surface area contributed by atoms with Crippen molar-refractivity contribution in [3.8, 4) is 0 Å². The lowest BCUT2D eigenvalue weighted by Gasteiger charge is -2.09. The summed E-state index contributed by atoms with van der Waals surface area (Å²) in [5.41, 5.74) is -0.803. The minimum atomic E-state index is -4.50. The van der Waals surface area contributed by atoms with Crippen LogP contribution in [0, 0.1) is 0 Å². The van der Waals surface area contributed by atoms with Crippen molar-refractivity contribution < 1.29 is 18.0 Å². The fourth-order valence-corrected chi connectivity index (χ4v) is 1.43. The number of carbonyl (C=O) groups excluding carboxylic acids is 1. The zero-order valence-corrected chi connectivity index (χ0v) is 9.06. The van der Waals surface area contributed by atoms with E-state index in [1.54, 1.807) is 6.92 Å². The highest BCUT2D eigenvalue weighted by molar-refractivity contribution is 6.32. The Hall–Kier alpha value is -1.29. The van der Waals surface area contributed by atoms with Gasteiger partial charge >= 0.3 is 6.18 Å². The van der Waals surface area contributed by atoms with E-state index in [1.807, 2.05) is 0 Å². The number of alkyl halides is 3. The van der Waals surface area contributed by atoms with E-state index in [9.17, 15) is 18.0 Å². The minimum Gasteiger partial charge on any atom is -0.289 e. The zero-order chi connectivity index (χ0) is 12.3. The fraction of sp³-hybridized carbons (Fsp3) is 0.182. The van der Waals surface area contributed by atoms with Gasteiger partial charge in [0.25, 0.3) is 0 Å². The third kappa shape index (κ3) is 2.85. The topological polar surface area (TPSA) is 17.1 Å². The number of hydrogen-bond donors (Lipinski definition) is 0. The summed E-state index contributed by atoms with van der Waals surface area (Å²) in [4.78, 5) is 11.3. The number of ketones is 1. The second-order valence-corrected chi connectivity index (χ2v) is 3.46. The Labute approximate surface area is 95.5 Å². The summed E-state index contributed by atoms with van der Waals surface area (Å²) in [7, 11) is 0. The van der Waals surface area contributed by atoms with E-state index in [0.29, 0.717) is 0 Å². The number of halogens is 4. The van der Waals surface area contributed by atoms with Crippen LogP contribution in [0.15, 0.2) is 30.4 Å². The van der Waals surface area contributed by atoms with Gasteiger partial charge in [-0.15, -0.1) is 0 Å². The molecule has 0 aliphatic carbocycles. The van der Waals surface area contributed by atoms with E-state index in [1.165, 1.54) is 12.2 Å². The summed E-state index contributed by atoms with van der Waals surface area (Å²) in [6.45, 7) is 1.64. The van der Waals surface area contributed by atoms with Gasteiger partial charge in [-0.3, -0.25) is 4.79 Å². The molecule has 0 bridgehead atoms. The van der Waals surface area contributed by atoms with Crippen molar-refractivity contribution in [2.75, 3.05) is 0 Å². The molecule has 0 aliphatic rings. The maximum Gasteiger partial charge on any atom is 0.417 e. The van der Waals surface area contributed by atoms with Crippen LogP contribution < -0.4 is 0 Å². The highest BCUT2D eigenvalue weighted by atomic mass is 35.5. The molecule has 1 nitrogen and oxygen atoms in total. The lowest BCUT2D eigenvalue weighted by molar-refractivity contribution is -0.137. The summed E-state index contributed by atoms with van der Waals surface area (Å²) < 4.78 is 37.0. The van der Waals surface area contributed by atoms with Crippen molar-refractivity contribution in [2.45, 2.75) is 13.1 Å². The van der Waals surface area contributed by atoms with E-state index < -0.39 is 16.8 Å². The molecule has 0 atom stereocenters. The van der Waals surface area contributed by atoms with Crippen molar-refractivity contribution in [2.24, 2.45) is 0 Å². The molecule has 0 N–H and O–H groups in total. The first kappa shape index (κ1) is 12.8. The SMILES string of the molecule is CC=CC(=O)c1ccc(C(F)(F)F)c(Cl)c1. The highest BCUT2D eigenvalue weighted by Crippen LogP contribution is 2.34. The molecule has 0 fully saturated rings. The van der Waals surface area contributed by atoms with Gasteiger partial charge in [0.1, 0.15) is 0 Å². The van der Waals surface area contributed by atoms with Gasteiger partial charge in [0.15, 0.2) is 5.78 Å². The van der Waals surface area contributed by atoms with Gasteiger partial charge in [-0.1, -0.05) is 23.7 Å². The summed E-state index contributed by atoms with van der Waals surface area (Å²) in [5.74, 6) is -0.377. The van der Waals surface area contributed by atoms with E-state index in [4.69, 9.17) is 11.6 Å². The molecule has 0 aromatic heterocycles. The zero-order valence-electron chi connectivity index (χ0n) is 8.31. The molecule has 1 aromatic carbocycles. The van der Waals surface area contributed by atoms with E-state index >= 15 is 0 Å². The van der Waals surface area contributed by atoms with Crippen molar-refractivity contribution >= 4 is 17.4 Å². The van der Waals surface area contributed by atoms with Gasteiger partial charge in [-0.2, -0.15) is 13.2 Å². The van der Waals surface area contributed by atoms with Gasteiger partial charge in [-0.05, 0) is 25.1 Å². The second kappa shape index (κ2) is 4.70. The Morgan fingerprint density at radius 3 is 2.44 bits per heavy atom. The van der Waals surface area contributed by atoms with Crippen molar-refractivity contribution in [1.29, 1.82) is 0 Å². The standard InChI is InChI=1S/C11H8ClF3O/c1-2-3-10(16)7-4-5-8(9(12)6-7)11(13,14)15/h2-6H,1H3. The van der Waals surface area contributed by atoms with Crippen LogP contribution in [0.3, 0.4) is 0 Å². The van der Waals surface area contributed by atoms with Crippen molar-refractivity contribution in [3.05, 3.63) is 46.5 Å². The van der Waals surface area contributed by atoms with Crippen LogP contribution in [0.25, 0.3) is 0 Å². The Kier molecular flexibility index (Phi) is 3.75. The van der Waals surface area contributed by atoms with Gasteiger partial charge in [-0.25, -0.2) is 0 Å². The second-order valence-electron chi connectivity index (χ2n) is 3.06. The normalized spacial score (nSPS) is 12.1. The van der Waals surface area contributed by atoms with Gasteiger partial charge in [0.05, 0.1) is 10.6 Å². The van der Waals surface area contributed by atoms with Crippen molar-refractivity contribution in [3.63, 3.8) is 0 Å². The average molecular weight is 249 g/mol. The Bertz CT molecular complexity index is 435. The fourth-order valence-electron chi connectivity index (χ4n) is 1.15. The third-order valence-electron chi connectivity index (χ3n) is 1.88. The van der Waals surface area contributed by atoms with E-state index in [-0.39, 0.29) is 11.3 Å². The van der Waals surface area contributed by atoms with Crippen LogP contribution in [0.5, 0.6) is 0 Å². The van der Waals surface area contributed by atoms with Crippen LogP contribution in [0.4, 0.5) is 13.2 Å². The van der Waals surface area contributed by atoms with E-state index in [2.05, 4.69) is 0 Å². The molecule has 1 aromatic rings. The Morgan fingerprint density at radius 1 is 1.38 bits per heavy atom. The molecule has 5 heteroatoms. The Balaban J connectivity index is 3.14. The molecule has 0 saturated heterocycles. The molecular weight excluding hydrogens is 241 g/mol. The summed E-state index contributed by atoms with van der Waals surface area (Å²) in [5, 5.41) is -0.470. The Morgan fingerprint density at radius 2 is 2.00 bits per heavy atom. The average Bonchev–Trinajstić information content (AvgIpc) is 2.16. The van der Waals surface area contributed by atoms with E-state index in [0.717, 1.165) is 18.2 Å². The monoisotopic (exact) mass is 248 g/mol. The number of benzene rings is 1. The summed E-state index contributed by atoms with van der Waals surface area (Å²) in [6.07, 6.45) is -1.73. The largest absolute Gasteiger partial charge is 0.417 e. The molecule has 0 aliphatic heterocycles. The molecule has 0 heterocycles. The molecular formula is C11H8ClF3O. The molecule has 0 radical (unpaired) electrons. The highest BCUT2D eigenvalue weighted by Gasteiger charge is 2.33. The predicted octanol–water partition coefficient (Wildman–Crippen LogP) is 4.12. The lowest BCUT2D eigenvalue weighted by Crippen LogP contribution is -2.06. The van der Waals surface area contributed by atoms with Gasteiger partial charge in [0.2, 0.25) is 0 Å². The molecule has 1 rings (SSSR count). The maximum atomic E-state index is 12.3. The molecule has 0 saturated carbocycles. The lowest BCUT2D eigenvalue weighted by atomic mass is 10.1. The van der Waals surface area contributed by atoms with Gasteiger partial charge < -0.3 is 0 Å². The molecule has 16 heavy (non-hydrogen) atoms. The smallest absolute Gasteiger partial charge is 0.289 e.